The van der Waals surface area contributed by atoms with Gasteiger partial charge in [0, 0.05) is 19.2 Å². The third-order valence-electron chi connectivity index (χ3n) is 3.66. The van der Waals surface area contributed by atoms with Gasteiger partial charge in [0.25, 0.3) is 0 Å². The Hall–Kier alpha value is -2.05. The molecule has 1 aliphatic heterocycles. The maximum Gasteiger partial charge on any atom is 0.410 e. The summed E-state index contributed by atoms with van der Waals surface area (Å²) in [6.07, 6.45) is 3.70. The maximum absolute atomic E-state index is 12.0. The number of likely N-dealkylation sites (tertiary alicyclic amines) is 1. The predicted molar refractivity (Wildman–Crippen MR) is 81.9 cm³/mol. The lowest BCUT2D eigenvalue weighted by atomic mass is 9.94. The third-order valence-corrected chi connectivity index (χ3v) is 3.66. The van der Waals surface area contributed by atoms with E-state index in [2.05, 4.69) is 5.16 Å². The van der Waals surface area contributed by atoms with Crippen molar-refractivity contribution in [3.8, 4) is 0 Å². The normalized spacial score (nSPS) is 16.2. The summed E-state index contributed by atoms with van der Waals surface area (Å²) in [5, 5.41) is 3.47. The van der Waals surface area contributed by atoms with Gasteiger partial charge in [-0.25, -0.2) is 9.59 Å². The van der Waals surface area contributed by atoms with Gasteiger partial charge in [-0.2, -0.15) is 0 Å². The number of piperidine rings is 1. The molecule has 0 unspecified atom stereocenters. The third kappa shape index (κ3) is 5.58. The molecule has 1 aromatic rings. The van der Waals surface area contributed by atoms with Crippen molar-refractivity contribution in [3.05, 3.63) is 18.0 Å². The van der Waals surface area contributed by atoms with E-state index >= 15 is 0 Å². The number of nitrogens with zero attached hydrogens (tertiary/aromatic N) is 2. The van der Waals surface area contributed by atoms with Gasteiger partial charge in [0.2, 0.25) is 5.76 Å². The van der Waals surface area contributed by atoms with Crippen molar-refractivity contribution in [3.63, 3.8) is 0 Å². The first-order valence-corrected chi connectivity index (χ1v) is 7.91. The Kier molecular flexibility index (Phi) is 5.63. The van der Waals surface area contributed by atoms with Crippen molar-refractivity contribution in [2.24, 2.45) is 5.92 Å². The predicted octanol–water partition coefficient (Wildman–Crippen LogP) is 2.87. The zero-order valence-corrected chi connectivity index (χ0v) is 13.9. The van der Waals surface area contributed by atoms with E-state index < -0.39 is 11.6 Å². The number of hydrogen-bond acceptors (Lipinski definition) is 6. The van der Waals surface area contributed by atoms with Gasteiger partial charge in [0.05, 0.1) is 12.8 Å². The van der Waals surface area contributed by atoms with Crippen LogP contribution < -0.4 is 0 Å². The van der Waals surface area contributed by atoms with Crippen LogP contribution in [0.4, 0.5) is 4.79 Å². The number of ether oxygens (including phenoxy) is 2. The van der Waals surface area contributed by atoms with Crippen molar-refractivity contribution in [1.29, 1.82) is 0 Å². The molecule has 0 aliphatic carbocycles. The van der Waals surface area contributed by atoms with Crippen LogP contribution in [0.5, 0.6) is 0 Å². The van der Waals surface area contributed by atoms with Gasteiger partial charge in [-0.05, 0) is 46.0 Å². The summed E-state index contributed by atoms with van der Waals surface area (Å²) in [4.78, 5) is 25.3. The molecule has 23 heavy (non-hydrogen) atoms. The van der Waals surface area contributed by atoms with Crippen LogP contribution in [0.2, 0.25) is 0 Å². The van der Waals surface area contributed by atoms with Crippen LogP contribution in [0, 0.1) is 5.92 Å². The van der Waals surface area contributed by atoms with E-state index in [1.165, 1.54) is 12.3 Å². The second kappa shape index (κ2) is 7.48. The van der Waals surface area contributed by atoms with Crippen LogP contribution in [-0.2, 0) is 9.47 Å². The van der Waals surface area contributed by atoms with Crippen molar-refractivity contribution < 1.29 is 23.6 Å². The monoisotopic (exact) mass is 324 g/mol. The molecule has 1 saturated heterocycles. The molecule has 0 N–H and O–H groups in total. The molecule has 0 aromatic carbocycles. The lowest BCUT2D eigenvalue weighted by Gasteiger charge is -2.33. The van der Waals surface area contributed by atoms with E-state index in [1.54, 1.807) is 4.90 Å². The van der Waals surface area contributed by atoms with Crippen LogP contribution in [0.25, 0.3) is 0 Å². The molecule has 0 radical (unpaired) electrons. The van der Waals surface area contributed by atoms with E-state index in [-0.39, 0.29) is 11.9 Å². The van der Waals surface area contributed by atoms with Crippen LogP contribution in [0.3, 0.4) is 0 Å². The molecule has 2 rings (SSSR count). The molecule has 7 heteroatoms. The Morgan fingerprint density at radius 1 is 1.35 bits per heavy atom. The highest BCUT2D eigenvalue weighted by Gasteiger charge is 2.26. The Bertz CT molecular complexity index is 513. The molecule has 0 spiro atoms. The van der Waals surface area contributed by atoms with E-state index in [4.69, 9.17) is 14.0 Å². The summed E-state index contributed by atoms with van der Waals surface area (Å²) in [6.45, 7) is 7.28. The lowest BCUT2D eigenvalue weighted by molar-refractivity contribution is 0.0168. The first-order chi connectivity index (χ1) is 10.8. The molecule has 0 atom stereocenters. The minimum atomic E-state index is -0.492. The zero-order valence-electron chi connectivity index (χ0n) is 13.9. The van der Waals surface area contributed by atoms with Gasteiger partial charge >= 0.3 is 12.1 Å². The summed E-state index contributed by atoms with van der Waals surface area (Å²) in [6, 6.07) is 1.47. The van der Waals surface area contributed by atoms with Crippen molar-refractivity contribution >= 4 is 12.1 Å². The van der Waals surface area contributed by atoms with E-state index in [1.807, 2.05) is 20.8 Å². The largest absolute Gasteiger partial charge is 0.460 e. The highest BCUT2D eigenvalue weighted by Crippen LogP contribution is 2.22. The number of hydrogen-bond donors (Lipinski definition) is 0. The van der Waals surface area contributed by atoms with Gasteiger partial charge in [-0.3, -0.25) is 0 Å². The van der Waals surface area contributed by atoms with E-state index in [0.717, 1.165) is 19.3 Å². The first kappa shape index (κ1) is 17.3. The SMILES string of the molecule is CC(C)(C)OC(=O)N1CCC(CCOC(=O)c2ccno2)CC1. The quantitative estimate of drug-likeness (QED) is 0.792. The van der Waals surface area contributed by atoms with Gasteiger partial charge in [-0.15, -0.1) is 0 Å². The van der Waals surface area contributed by atoms with Crippen LogP contribution in [-0.4, -0.2) is 47.4 Å². The molecule has 1 aromatic heterocycles. The fraction of sp³-hybridized carbons (Fsp3) is 0.688. The van der Waals surface area contributed by atoms with Crippen molar-refractivity contribution in [2.75, 3.05) is 19.7 Å². The molecular formula is C16H24N2O5. The zero-order chi connectivity index (χ0) is 16.9. The first-order valence-electron chi connectivity index (χ1n) is 7.91. The van der Waals surface area contributed by atoms with Gasteiger partial charge in [-0.1, -0.05) is 5.16 Å². The van der Waals surface area contributed by atoms with E-state index in [9.17, 15) is 9.59 Å². The van der Waals surface area contributed by atoms with Gasteiger partial charge < -0.3 is 18.9 Å². The molecule has 128 valence electrons. The van der Waals surface area contributed by atoms with Crippen LogP contribution in [0.15, 0.2) is 16.8 Å². The summed E-state index contributed by atoms with van der Waals surface area (Å²) in [7, 11) is 0. The molecule has 0 saturated carbocycles. The molecule has 1 amide bonds. The number of carbonyl (C=O) groups excluding carboxylic acids is 2. The number of esters is 1. The Morgan fingerprint density at radius 2 is 2.04 bits per heavy atom. The minimum absolute atomic E-state index is 0.116. The minimum Gasteiger partial charge on any atom is -0.460 e. The second-order valence-corrected chi connectivity index (χ2v) is 6.71. The lowest BCUT2D eigenvalue weighted by Crippen LogP contribution is -2.41. The average Bonchev–Trinajstić information content (AvgIpc) is 3.00. The summed E-state index contributed by atoms with van der Waals surface area (Å²) >= 11 is 0. The smallest absolute Gasteiger partial charge is 0.410 e. The van der Waals surface area contributed by atoms with E-state index in [0.29, 0.717) is 25.6 Å². The Balaban J connectivity index is 1.65. The van der Waals surface area contributed by atoms with Crippen molar-refractivity contribution in [2.45, 2.75) is 45.6 Å². The average molecular weight is 324 g/mol. The highest BCUT2D eigenvalue weighted by atomic mass is 16.6. The van der Waals surface area contributed by atoms with Crippen molar-refractivity contribution in [1.82, 2.24) is 10.1 Å². The second-order valence-electron chi connectivity index (χ2n) is 6.71. The number of aromatic nitrogens is 1. The van der Waals surface area contributed by atoms with Crippen LogP contribution >= 0.6 is 0 Å². The Labute approximate surface area is 135 Å². The Morgan fingerprint density at radius 3 is 2.61 bits per heavy atom. The summed E-state index contributed by atoms with van der Waals surface area (Å²) in [5.74, 6) is 0.0645. The fourth-order valence-corrected chi connectivity index (χ4v) is 2.44. The molecule has 0 bridgehead atoms. The number of rotatable bonds is 4. The number of carbonyl (C=O) groups is 2. The van der Waals surface area contributed by atoms with Gasteiger partial charge in [0.1, 0.15) is 5.60 Å². The maximum atomic E-state index is 12.0. The summed E-state index contributed by atoms with van der Waals surface area (Å²) in [5.41, 5.74) is -0.469. The topological polar surface area (TPSA) is 81.9 Å². The molecule has 7 nitrogen and oxygen atoms in total. The molecule has 2 heterocycles. The summed E-state index contributed by atoms with van der Waals surface area (Å²) < 4.78 is 15.3. The van der Waals surface area contributed by atoms with Crippen LogP contribution in [0.1, 0.15) is 50.6 Å². The standard InChI is InChI=1S/C16H24N2O5/c1-16(2,3)22-15(20)18-9-5-12(6-10-18)7-11-21-14(19)13-4-8-17-23-13/h4,8,12H,5-7,9-11H2,1-3H3. The molecule has 1 fully saturated rings. The fourth-order valence-electron chi connectivity index (χ4n) is 2.44. The van der Waals surface area contributed by atoms with Gasteiger partial charge in [0.15, 0.2) is 0 Å². The molecular weight excluding hydrogens is 300 g/mol. The highest BCUT2D eigenvalue weighted by molar-refractivity contribution is 5.85. The number of amides is 1. The molecule has 1 aliphatic rings.